The first-order valence-electron chi connectivity index (χ1n) is 7.37. The zero-order valence-corrected chi connectivity index (χ0v) is 13.0. The molecule has 3 rings (SSSR count). The minimum Gasteiger partial charge on any atom is -0.437 e. The molecule has 0 atom stereocenters. The molecule has 7 heteroatoms. The molecule has 0 aliphatic heterocycles. The van der Waals surface area contributed by atoms with Gasteiger partial charge in [-0.15, -0.1) is 0 Å². The van der Waals surface area contributed by atoms with E-state index in [0.29, 0.717) is 17.0 Å². The molecular weight excluding hydrogens is 322 g/mol. The van der Waals surface area contributed by atoms with Crippen molar-refractivity contribution in [3.8, 4) is 11.6 Å². The topological polar surface area (TPSA) is 94.4 Å². The van der Waals surface area contributed by atoms with Crippen LogP contribution >= 0.6 is 0 Å². The average molecular weight is 335 g/mol. The molecule has 1 heterocycles. The number of carbonyl (C=O) groups excluding carboxylic acids is 1. The number of pyridine rings is 1. The monoisotopic (exact) mass is 335 g/mol. The Labute approximate surface area is 143 Å². The van der Waals surface area contributed by atoms with Crippen LogP contribution in [0.3, 0.4) is 0 Å². The summed E-state index contributed by atoms with van der Waals surface area (Å²) in [5, 5.41) is 13.4. The highest BCUT2D eigenvalue weighted by Gasteiger charge is 2.13. The van der Waals surface area contributed by atoms with Crippen LogP contribution in [0.4, 0.5) is 11.4 Å². The summed E-state index contributed by atoms with van der Waals surface area (Å²) >= 11 is 0. The van der Waals surface area contributed by atoms with Crippen molar-refractivity contribution in [2.45, 2.75) is 0 Å². The number of para-hydroxylation sites is 1. The summed E-state index contributed by atoms with van der Waals surface area (Å²) in [6.07, 6.45) is 1.56. The van der Waals surface area contributed by atoms with Crippen LogP contribution in [0.15, 0.2) is 72.9 Å². The van der Waals surface area contributed by atoms with E-state index in [1.165, 1.54) is 24.3 Å². The summed E-state index contributed by atoms with van der Waals surface area (Å²) in [6, 6.07) is 17.7. The van der Waals surface area contributed by atoms with E-state index >= 15 is 0 Å². The van der Waals surface area contributed by atoms with Gasteiger partial charge in [0.05, 0.1) is 4.92 Å². The molecule has 25 heavy (non-hydrogen) atoms. The zero-order chi connectivity index (χ0) is 17.6. The summed E-state index contributed by atoms with van der Waals surface area (Å²) in [5.74, 6) is 0.428. The predicted molar refractivity (Wildman–Crippen MR) is 91.8 cm³/mol. The van der Waals surface area contributed by atoms with Crippen LogP contribution in [0.5, 0.6) is 11.6 Å². The highest BCUT2D eigenvalue weighted by molar-refractivity contribution is 6.05. The number of anilines is 1. The van der Waals surface area contributed by atoms with Gasteiger partial charge in [0.1, 0.15) is 11.4 Å². The Bertz CT molecular complexity index is 896. The summed E-state index contributed by atoms with van der Waals surface area (Å²) in [7, 11) is 0. The number of hydrogen-bond acceptors (Lipinski definition) is 5. The van der Waals surface area contributed by atoms with Gasteiger partial charge in [0.25, 0.3) is 11.6 Å². The second-order valence-corrected chi connectivity index (χ2v) is 5.03. The number of aromatic nitrogens is 1. The fourth-order valence-corrected chi connectivity index (χ4v) is 2.10. The third-order valence-electron chi connectivity index (χ3n) is 3.32. The minimum atomic E-state index is -0.519. The fraction of sp³-hybridized carbons (Fsp3) is 0. The van der Waals surface area contributed by atoms with Gasteiger partial charge in [0.15, 0.2) is 0 Å². The normalized spacial score (nSPS) is 10.1. The third kappa shape index (κ3) is 3.97. The Hall–Kier alpha value is -3.74. The Kier molecular flexibility index (Phi) is 4.66. The predicted octanol–water partition coefficient (Wildman–Crippen LogP) is 4.03. The first kappa shape index (κ1) is 16.1. The van der Waals surface area contributed by atoms with Gasteiger partial charge in [0, 0.05) is 23.9 Å². The molecule has 0 bridgehead atoms. The number of rotatable bonds is 5. The molecule has 0 unspecified atom stereocenters. The largest absolute Gasteiger partial charge is 0.437 e. The van der Waals surface area contributed by atoms with E-state index in [2.05, 4.69) is 10.3 Å². The lowest BCUT2D eigenvalue weighted by Gasteiger charge is -2.11. The maximum absolute atomic E-state index is 12.3. The lowest BCUT2D eigenvalue weighted by atomic mass is 10.2. The van der Waals surface area contributed by atoms with Crippen LogP contribution in [0.2, 0.25) is 0 Å². The van der Waals surface area contributed by atoms with Crippen molar-refractivity contribution in [3.05, 3.63) is 88.6 Å². The number of nitro benzene ring substituents is 1. The van der Waals surface area contributed by atoms with Gasteiger partial charge in [-0.1, -0.05) is 18.2 Å². The number of non-ortho nitro benzene ring substituents is 1. The molecule has 7 nitrogen and oxygen atoms in total. The number of nitrogens with zero attached hydrogens (tertiary/aromatic N) is 2. The second kappa shape index (κ2) is 7.22. The highest BCUT2D eigenvalue weighted by atomic mass is 16.6. The molecule has 1 N–H and O–H groups in total. The van der Waals surface area contributed by atoms with Crippen molar-refractivity contribution in [1.82, 2.24) is 4.98 Å². The van der Waals surface area contributed by atoms with E-state index < -0.39 is 10.8 Å². The Morgan fingerprint density at radius 1 is 1.00 bits per heavy atom. The number of nitro groups is 1. The first-order chi connectivity index (χ1) is 12.1. The van der Waals surface area contributed by atoms with E-state index in [0.717, 1.165) is 0 Å². The van der Waals surface area contributed by atoms with Crippen LogP contribution in [0.1, 0.15) is 10.4 Å². The Balaban J connectivity index is 1.78. The average Bonchev–Trinajstić information content (AvgIpc) is 2.64. The van der Waals surface area contributed by atoms with E-state index in [-0.39, 0.29) is 11.6 Å². The summed E-state index contributed by atoms with van der Waals surface area (Å²) in [6.45, 7) is 0. The van der Waals surface area contributed by atoms with E-state index in [1.807, 2.05) is 18.2 Å². The highest BCUT2D eigenvalue weighted by Crippen LogP contribution is 2.27. The van der Waals surface area contributed by atoms with Crippen molar-refractivity contribution in [1.29, 1.82) is 0 Å². The van der Waals surface area contributed by atoms with Crippen molar-refractivity contribution in [2.75, 3.05) is 5.32 Å². The van der Waals surface area contributed by atoms with Gasteiger partial charge >= 0.3 is 0 Å². The van der Waals surface area contributed by atoms with Gasteiger partial charge in [-0.25, -0.2) is 4.98 Å². The number of ether oxygens (including phenoxy) is 1. The van der Waals surface area contributed by atoms with Crippen LogP contribution in [-0.4, -0.2) is 15.8 Å². The van der Waals surface area contributed by atoms with Crippen molar-refractivity contribution >= 4 is 17.3 Å². The first-order valence-corrected chi connectivity index (χ1v) is 7.37. The van der Waals surface area contributed by atoms with E-state index in [4.69, 9.17) is 4.74 Å². The third-order valence-corrected chi connectivity index (χ3v) is 3.32. The maximum atomic E-state index is 12.3. The molecule has 0 aliphatic rings. The summed E-state index contributed by atoms with van der Waals surface area (Å²) < 4.78 is 5.68. The molecule has 1 aromatic heterocycles. The lowest BCUT2D eigenvalue weighted by Crippen LogP contribution is -2.12. The molecule has 0 spiro atoms. The smallest absolute Gasteiger partial charge is 0.269 e. The van der Waals surface area contributed by atoms with Crippen molar-refractivity contribution in [3.63, 3.8) is 0 Å². The van der Waals surface area contributed by atoms with Crippen LogP contribution in [-0.2, 0) is 0 Å². The quantitative estimate of drug-likeness (QED) is 0.561. The van der Waals surface area contributed by atoms with Crippen molar-refractivity contribution < 1.29 is 14.5 Å². The van der Waals surface area contributed by atoms with E-state index in [1.54, 1.807) is 30.5 Å². The van der Waals surface area contributed by atoms with E-state index in [9.17, 15) is 14.9 Å². The molecule has 2 aromatic carbocycles. The van der Waals surface area contributed by atoms with Crippen LogP contribution in [0, 0.1) is 10.1 Å². The zero-order valence-electron chi connectivity index (χ0n) is 13.0. The van der Waals surface area contributed by atoms with Crippen LogP contribution in [0.25, 0.3) is 0 Å². The lowest BCUT2D eigenvalue weighted by molar-refractivity contribution is -0.384. The number of carbonyl (C=O) groups is 1. The summed E-state index contributed by atoms with van der Waals surface area (Å²) in [5.41, 5.74) is 0.612. The number of nitrogens with one attached hydrogen (secondary N) is 1. The van der Waals surface area contributed by atoms with Gasteiger partial charge in [0.2, 0.25) is 5.88 Å². The molecule has 0 aliphatic carbocycles. The minimum absolute atomic E-state index is 0.0778. The van der Waals surface area contributed by atoms with Gasteiger partial charge in [-0.2, -0.15) is 0 Å². The molecule has 3 aromatic rings. The fourth-order valence-electron chi connectivity index (χ4n) is 2.10. The van der Waals surface area contributed by atoms with Gasteiger partial charge < -0.3 is 10.1 Å². The number of amides is 1. The maximum Gasteiger partial charge on any atom is 0.269 e. The molecule has 0 radical (unpaired) electrons. The SMILES string of the molecule is O=C(Nc1cccnc1Oc1ccccc1)c1ccc([N+](=O)[O-])cc1. The summed E-state index contributed by atoms with van der Waals surface area (Å²) in [4.78, 5) is 26.6. The number of benzene rings is 2. The Morgan fingerprint density at radius 2 is 1.72 bits per heavy atom. The molecule has 1 amide bonds. The standard InChI is InChI=1S/C18H13N3O4/c22-17(13-8-10-14(11-9-13)21(23)24)20-16-7-4-12-19-18(16)25-15-5-2-1-3-6-15/h1-12H,(H,20,22). The van der Waals surface area contributed by atoms with Gasteiger partial charge in [-0.3, -0.25) is 14.9 Å². The molecule has 124 valence electrons. The van der Waals surface area contributed by atoms with Crippen LogP contribution < -0.4 is 10.1 Å². The molecular formula is C18H13N3O4. The molecule has 0 fully saturated rings. The molecule has 0 saturated carbocycles. The van der Waals surface area contributed by atoms with Gasteiger partial charge in [-0.05, 0) is 36.4 Å². The Morgan fingerprint density at radius 3 is 2.40 bits per heavy atom. The molecule has 0 saturated heterocycles. The van der Waals surface area contributed by atoms with Crippen molar-refractivity contribution in [2.24, 2.45) is 0 Å². The number of hydrogen-bond donors (Lipinski definition) is 1. The second-order valence-electron chi connectivity index (χ2n) is 5.03.